The van der Waals surface area contributed by atoms with E-state index in [0.717, 1.165) is 36.4 Å². The fourth-order valence-electron chi connectivity index (χ4n) is 2.68. The van der Waals surface area contributed by atoms with Gasteiger partial charge in [0.15, 0.2) is 0 Å². The minimum absolute atomic E-state index is 0.115. The number of hydrogen-bond acceptors (Lipinski definition) is 4. The summed E-state index contributed by atoms with van der Waals surface area (Å²) in [6.45, 7) is 1.98. The first-order valence-corrected chi connectivity index (χ1v) is 6.75. The second-order valence-corrected chi connectivity index (χ2v) is 5.33. The summed E-state index contributed by atoms with van der Waals surface area (Å²) < 4.78 is 0. The molecule has 3 N–H and O–H groups in total. The SMILES string of the molecule is CN1CCCN(c2ccc3c(c2)NC(=O)C3N)CC1=O. The van der Waals surface area contributed by atoms with Crippen LogP contribution in [0.3, 0.4) is 0 Å². The number of carbonyl (C=O) groups excluding carboxylic acids is 2. The van der Waals surface area contributed by atoms with Gasteiger partial charge in [-0.3, -0.25) is 9.59 Å². The van der Waals surface area contributed by atoms with Gasteiger partial charge < -0.3 is 20.9 Å². The van der Waals surface area contributed by atoms with Crippen molar-refractivity contribution in [3.8, 4) is 0 Å². The van der Waals surface area contributed by atoms with Crippen LogP contribution in [0.4, 0.5) is 11.4 Å². The van der Waals surface area contributed by atoms with E-state index >= 15 is 0 Å². The average Bonchev–Trinajstić information content (AvgIpc) is 2.60. The monoisotopic (exact) mass is 274 g/mol. The summed E-state index contributed by atoms with van der Waals surface area (Å²) in [5, 5.41) is 2.78. The molecule has 2 amide bonds. The van der Waals surface area contributed by atoms with Crippen LogP contribution < -0.4 is 16.0 Å². The van der Waals surface area contributed by atoms with Crippen molar-refractivity contribution in [3.05, 3.63) is 23.8 Å². The molecule has 6 nitrogen and oxygen atoms in total. The first-order valence-electron chi connectivity index (χ1n) is 6.75. The van der Waals surface area contributed by atoms with Crippen molar-refractivity contribution in [1.82, 2.24) is 4.90 Å². The standard InChI is InChI=1S/C14H18N4O2/c1-17-5-2-6-18(8-12(17)19)9-3-4-10-11(7-9)16-14(20)13(10)15/h3-4,7,13H,2,5-6,8,15H2,1H3,(H,16,20). The van der Waals surface area contributed by atoms with Crippen LogP contribution in [0.1, 0.15) is 18.0 Å². The van der Waals surface area contributed by atoms with Gasteiger partial charge in [0.05, 0.1) is 6.54 Å². The lowest BCUT2D eigenvalue weighted by atomic mass is 10.1. The number of nitrogens with one attached hydrogen (secondary N) is 1. The van der Waals surface area contributed by atoms with Gasteiger partial charge in [-0.25, -0.2) is 0 Å². The predicted molar refractivity (Wildman–Crippen MR) is 76.5 cm³/mol. The highest BCUT2D eigenvalue weighted by molar-refractivity contribution is 6.03. The summed E-state index contributed by atoms with van der Waals surface area (Å²) in [5.74, 6) is -0.0624. The van der Waals surface area contributed by atoms with Crippen LogP contribution in [0, 0.1) is 0 Å². The number of carbonyl (C=O) groups is 2. The van der Waals surface area contributed by atoms with Gasteiger partial charge in [0.2, 0.25) is 11.8 Å². The lowest BCUT2D eigenvalue weighted by Gasteiger charge is -2.22. The zero-order valence-electron chi connectivity index (χ0n) is 11.4. The van der Waals surface area contributed by atoms with Crippen molar-refractivity contribution in [1.29, 1.82) is 0 Å². The minimum atomic E-state index is -0.587. The summed E-state index contributed by atoms with van der Waals surface area (Å²) in [6, 6.07) is 5.11. The molecule has 3 rings (SSSR count). The molecule has 0 saturated carbocycles. The van der Waals surface area contributed by atoms with E-state index in [2.05, 4.69) is 5.32 Å². The average molecular weight is 274 g/mol. The number of benzene rings is 1. The molecule has 6 heteroatoms. The van der Waals surface area contributed by atoms with Crippen molar-refractivity contribution < 1.29 is 9.59 Å². The van der Waals surface area contributed by atoms with E-state index in [1.807, 2.05) is 30.1 Å². The number of nitrogens with two attached hydrogens (primary N) is 1. The van der Waals surface area contributed by atoms with E-state index in [4.69, 9.17) is 5.73 Å². The summed E-state index contributed by atoms with van der Waals surface area (Å²) >= 11 is 0. The van der Waals surface area contributed by atoms with Gasteiger partial charge in [0, 0.05) is 37.1 Å². The summed E-state index contributed by atoms with van der Waals surface area (Å²) in [4.78, 5) is 27.3. The molecule has 0 radical (unpaired) electrons. The fraction of sp³-hybridized carbons (Fsp3) is 0.429. The highest BCUT2D eigenvalue weighted by Crippen LogP contribution is 2.33. The molecule has 1 aromatic rings. The number of rotatable bonds is 1. The van der Waals surface area contributed by atoms with Crippen molar-refractivity contribution in [2.45, 2.75) is 12.5 Å². The third kappa shape index (κ3) is 2.12. The normalized spacial score (nSPS) is 22.6. The Balaban J connectivity index is 1.87. The van der Waals surface area contributed by atoms with Crippen LogP contribution in [0.15, 0.2) is 18.2 Å². The van der Waals surface area contributed by atoms with Gasteiger partial charge in [-0.05, 0) is 18.6 Å². The van der Waals surface area contributed by atoms with Crippen LogP contribution in [-0.4, -0.2) is 43.4 Å². The van der Waals surface area contributed by atoms with Crippen molar-refractivity contribution >= 4 is 23.2 Å². The van der Waals surface area contributed by atoms with Crippen LogP contribution in [0.2, 0.25) is 0 Å². The van der Waals surface area contributed by atoms with Gasteiger partial charge >= 0.3 is 0 Å². The first kappa shape index (κ1) is 12.9. The Labute approximate surface area is 117 Å². The molecule has 0 aliphatic carbocycles. The fourth-order valence-corrected chi connectivity index (χ4v) is 2.68. The molecule has 0 bridgehead atoms. The van der Waals surface area contributed by atoms with Crippen molar-refractivity contribution in [2.24, 2.45) is 5.73 Å². The maximum atomic E-state index is 11.9. The number of fused-ring (bicyclic) bond motifs is 1. The van der Waals surface area contributed by atoms with Crippen molar-refractivity contribution in [2.75, 3.05) is 36.9 Å². The van der Waals surface area contributed by atoms with Crippen LogP contribution in [0.5, 0.6) is 0 Å². The van der Waals surface area contributed by atoms with E-state index in [-0.39, 0.29) is 11.8 Å². The second-order valence-electron chi connectivity index (χ2n) is 5.33. The lowest BCUT2D eigenvalue weighted by molar-refractivity contribution is -0.127. The summed E-state index contributed by atoms with van der Waals surface area (Å²) in [6.07, 6.45) is 0.936. The van der Waals surface area contributed by atoms with Crippen molar-refractivity contribution in [3.63, 3.8) is 0 Å². The number of likely N-dealkylation sites (N-methyl/N-ethyl adjacent to an activating group) is 1. The van der Waals surface area contributed by atoms with Crippen LogP contribution in [-0.2, 0) is 9.59 Å². The molecule has 20 heavy (non-hydrogen) atoms. The zero-order chi connectivity index (χ0) is 14.3. The molecule has 2 aliphatic heterocycles. The molecular weight excluding hydrogens is 256 g/mol. The molecule has 2 heterocycles. The maximum absolute atomic E-state index is 11.9. The number of anilines is 2. The summed E-state index contributed by atoms with van der Waals surface area (Å²) in [5.41, 5.74) is 8.31. The number of amides is 2. The van der Waals surface area contributed by atoms with Crippen LogP contribution in [0.25, 0.3) is 0 Å². The third-order valence-corrected chi connectivity index (χ3v) is 3.95. The molecule has 1 unspecified atom stereocenters. The Bertz CT molecular complexity index is 572. The quantitative estimate of drug-likeness (QED) is 0.772. The zero-order valence-corrected chi connectivity index (χ0v) is 11.4. The number of hydrogen-bond donors (Lipinski definition) is 2. The molecular formula is C14H18N4O2. The number of nitrogens with zero attached hydrogens (tertiary/aromatic N) is 2. The topological polar surface area (TPSA) is 78.7 Å². The van der Waals surface area contributed by atoms with Gasteiger partial charge in [-0.2, -0.15) is 0 Å². The van der Waals surface area contributed by atoms with E-state index in [0.29, 0.717) is 6.54 Å². The Morgan fingerprint density at radius 2 is 2.10 bits per heavy atom. The molecule has 1 saturated heterocycles. The van der Waals surface area contributed by atoms with E-state index in [1.54, 1.807) is 4.90 Å². The third-order valence-electron chi connectivity index (χ3n) is 3.95. The smallest absolute Gasteiger partial charge is 0.245 e. The lowest BCUT2D eigenvalue weighted by Crippen LogP contribution is -2.34. The minimum Gasteiger partial charge on any atom is -0.362 e. The van der Waals surface area contributed by atoms with Gasteiger partial charge in [0.25, 0.3) is 0 Å². The van der Waals surface area contributed by atoms with Gasteiger partial charge in [-0.15, -0.1) is 0 Å². The van der Waals surface area contributed by atoms with Gasteiger partial charge in [-0.1, -0.05) is 6.07 Å². The van der Waals surface area contributed by atoms with E-state index in [1.165, 1.54) is 0 Å². The van der Waals surface area contributed by atoms with E-state index in [9.17, 15) is 9.59 Å². The highest BCUT2D eigenvalue weighted by Gasteiger charge is 2.28. The molecule has 0 aromatic heterocycles. The molecule has 0 spiro atoms. The summed E-state index contributed by atoms with van der Waals surface area (Å²) in [7, 11) is 1.83. The Hall–Kier alpha value is -2.08. The largest absolute Gasteiger partial charge is 0.362 e. The maximum Gasteiger partial charge on any atom is 0.245 e. The van der Waals surface area contributed by atoms with Gasteiger partial charge in [0.1, 0.15) is 6.04 Å². The molecule has 1 fully saturated rings. The molecule has 1 atom stereocenters. The Morgan fingerprint density at radius 3 is 2.90 bits per heavy atom. The second kappa shape index (κ2) is 4.79. The first-order chi connectivity index (χ1) is 9.56. The molecule has 1 aromatic carbocycles. The predicted octanol–water partition coefficient (Wildman–Crippen LogP) is 0.307. The molecule has 2 aliphatic rings. The Kier molecular flexibility index (Phi) is 3.10. The Morgan fingerprint density at radius 1 is 1.30 bits per heavy atom. The highest BCUT2D eigenvalue weighted by atomic mass is 16.2. The van der Waals surface area contributed by atoms with Crippen LogP contribution >= 0.6 is 0 Å². The van der Waals surface area contributed by atoms with E-state index < -0.39 is 6.04 Å². The molecule has 106 valence electrons.